The van der Waals surface area contributed by atoms with Gasteiger partial charge in [0.1, 0.15) is 5.60 Å². The molecule has 2 heterocycles. The number of unbranched alkanes of at least 4 members (excludes halogenated alkanes) is 1. The van der Waals surface area contributed by atoms with Crippen LogP contribution in [0.4, 0.5) is 0 Å². The maximum Gasteiger partial charge on any atom is 0.122 e. The zero-order valence-electron chi connectivity index (χ0n) is 16.2. The van der Waals surface area contributed by atoms with Gasteiger partial charge in [-0.3, -0.25) is 4.98 Å². The molecule has 0 saturated carbocycles. The van der Waals surface area contributed by atoms with Gasteiger partial charge in [0.05, 0.1) is 12.7 Å². The molecule has 1 aromatic carbocycles. The van der Waals surface area contributed by atoms with E-state index in [1.54, 1.807) is 0 Å². The predicted molar refractivity (Wildman–Crippen MR) is 105 cm³/mol. The summed E-state index contributed by atoms with van der Waals surface area (Å²) in [7, 11) is 0. The number of benzene rings is 1. The molecule has 140 valence electrons. The fraction of sp³-hybridized carbons (Fsp3) is 0.522. The minimum absolute atomic E-state index is 0.0603. The highest BCUT2D eigenvalue weighted by molar-refractivity contribution is 5.45. The Morgan fingerprint density at radius 2 is 1.92 bits per heavy atom. The molecule has 1 aliphatic heterocycles. The van der Waals surface area contributed by atoms with Crippen molar-refractivity contribution in [2.24, 2.45) is 5.92 Å². The van der Waals surface area contributed by atoms with Gasteiger partial charge in [-0.25, -0.2) is 0 Å². The average Bonchev–Trinajstić information content (AvgIpc) is 3.14. The van der Waals surface area contributed by atoms with Crippen LogP contribution in [-0.2, 0) is 16.8 Å². The van der Waals surface area contributed by atoms with Crippen molar-refractivity contribution in [3.05, 3.63) is 65.5 Å². The molecule has 4 rings (SSSR count). The Balaban J connectivity index is 0.000000948. The lowest BCUT2D eigenvalue weighted by Gasteiger charge is -2.30. The Labute approximate surface area is 157 Å². The van der Waals surface area contributed by atoms with Crippen LogP contribution in [-0.4, -0.2) is 22.8 Å². The summed E-state index contributed by atoms with van der Waals surface area (Å²) < 4.78 is 6.18. The average molecular weight is 354 g/mol. The minimum atomic E-state index is -0.882. The Morgan fingerprint density at radius 3 is 2.65 bits per heavy atom. The molecule has 0 radical (unpaired) electrons. The van der Waals surface area contributed by atoms with E-state index < -0.39 is 5.60 Å². The lowest BCUT2D eigenvalue weighted by atomic mass is 9.80. The van der Waals surface area contributed by atoms with Crippen LogP contribution in [0.25, 0.3) is 0 Å². The van der Waals surface area contributed by atoms with Crippen LogP contribution in [0, 0.1) is 5.92 Å². The van der Waals surface area contributed by atoms with Crippen molar-refractivity contribution in [2.45, 2.75) is 64.1 Å². The molecule has 4 unspecified atom stereocenters. The van der Waals surface area contributed by atoms with Gasteiger partial charge in [0.15, 0.2) is 0 Å². The monoisotopic (exact) mass is 353 g/mol. The number of pyridine rings is 1. The van der Waals surface area contributed by atoms with Gasteiger partial charge in [-0.05, 0) is 36.1 Å². The quantitative estimate of drug-likeness (QED) is 0.836. The third-order valence-electron chi connectivity index (χ3n) is 5.74. The minimum Gasteiger partial charge on any atom is -0.382 e. The van der Waals surface area contributed by atoms with Crippen molar-refractivity contribution in [3.8, 4) is 0 Å². The summed E-state index contributed by atoms with van der Waals surface area (Å²) >= 11 is 0. The Kier molecular flexibility index (Phi) is 6.10. The molecule has 0 amide bonds. The number of nitrogens with zero attached hydrogens (tertiary/aromatic N) is 1. The highest BCUT2D eigenvalue weighted by Crippen LogP contribution is 2.55. The lowest BCUT2D eigenvalue weighted by molar-refractivity contribution is -0.0560. The van der Waals surface area contributed by atoms with E-state index in [2.05, 4.69) is 30.1 Å². The summed E-state index contributed by atoms with van der Waals surface area (Å²) in [6, 6.07) is 14.3. The summed E-state index contributed by atoms with van der Waals surface area (Å²) in [5, 5.41) is 11.7. The largest absolute Gasteiger partial charge is 0.382 e. The van der Waals surface area contributed by atoms with E-state index in [9.17, 15) is 5.11 Å². The van der Waals surface area contributed by atoms with E-state index in [4.69, 9.17) is 4.74 Å². The topological polar surface area (TPSA) is 42.4 Å². The molecule has 0 spiro atoms. The highest BCUT2D eigenvalue weighted by atomic mass is 16.5. The number of ether oxygens (including phenoxy) is 1. The molecular formula is C23H31NO2. The van der Waals surface area contributed by atoms with Crippen molar-refractivity contribution in [1.29, 1.82) is 0 Å². The van der Waals surface area contributed by atoms with Crippen LogP contribution in [0.5, 0.6) is 0 Å². The van der Waals surface area contributed by atoms with Crippen LogP contribution in [0.2, 0.25) is 0 Å². The zero-order chi connectivity index (χ0) is 18.6. The van der Waals surface area contributed by atoms with Gasteiger partial charge in [0, 0.05) is 23.7 Å². The van der Waals surface area contributed by atoms with Gasteiger partial charge >= 0.3 is 0 Å². The molecule has 1 saturated heterocycles. The number of hydrogen-bond donors (Lipinski definition) is 1. The second-order valence-electron chi connectivity index (χ2n) is 7.14. The molecular weight excluding hydrogens is 322 g/mol. The summed E-state index contributed by atoms with van der Waals surface area (Å²) in [6.45, 7) is 6.82. The van der Waals surface area contributed by atoms with E-state index >= 15 is 0 Å². The maximum atomic E-state index is 11.7. The molecule has 1 aliphatic carbocycles. The molecule has 0 bridgehead atoms. The molecule has 26 heavy (non-hydrogen) atoms. The highest BCUT2D eigenvalue weighted by Gasteiger charge is 2.59. The normalized spacial score (nSPS) is 28.8. The second-order valence-corrected chi connectivity index (χ2v) is 7.14. The molecule has 2 aromatic rings. The standard InChI is InChI=1S/C21H25NO2.C2H6/c1-2-3-9-18-17-10-4-5-11-19(17)21(23)15(14-24-20(18)21)13-16-8-6-7-12-22-16;1-2/h4-8,10-12,15,18,20,23H,2-3,9,13-14H2,1H3;1-2H3. The van der Waals surface area contributed by atoms with Crippen LogP contribution < -0.4 is 0 Å². The maximum absolute atomic E-state index is 11.7. The summed E-state index contributed by atoms with van der Waals surface area (Å²) in [5.74, 6) is 0.366. The zero-order valence-corrected chi connectivity index (χ0v) is 16.2. The Bertz CT molecular complexity index is 702. The van der Waals surface area contributed by atoms with Crippen molar-refractivity contribution >= 4 is 0 Å². The number of hydrogen-bond acceptors (Lipinski definition) is 3. The first-order valence-corrected chi connectivity index (χ1v) is 10.1. The van der Waals surface area contributed by atoms with E-state index in [0.29, 0.717) is 12.5 Å². The molecule has 1 fully saturated rings. The smallest absolute Gasteiger partial charge is 0.122 e. The fourth-order valence-corrected chi connectivity index (χ4v) is 4.57. The SMILES string of the molecule is CC.CCCCC1c2ccccc2C2(O)C(Cc3ccccn3)COC12. The summed E-state index contributed by atoms with van der Waals surface area (Å²) in [6.07, 6.45) is 5.87. The third kappa shape index (κ3) is 3.19. The van der Waals surface area contributed by atoms with Crippen LogP contribution in [0.15, 0.2) is 48.7 Å². The van der Waals surface area contributed by atoms with Crippen molar-refractivity contribution < 1.29 is 9.84 Å². The number of aliphatic hydroxyl groups is 1. The van der Waals surface area contributed by atoms with Gasteiger partial charge in [0.2, 0.25) is 0 Å². The van der Waals surface area contributed by atoms with Gasteiger partial charge in [-0.2, -0.15) is 0 Å². The first-order chi connectivity index (χ1) is 12.7. The summed E-state index contributed by atoms with van der Waals surface area (Å²) in [5.41, 5.74) is 2.50. The van der Waals surface area contributed by atoms with E-state index in [-0.39, 0.29) is 12.0 Å². The van der Waals surface area contributed by atoms with Gasteiger partial charge in [-0.1, -0.05) is 63.9 Å². The van der Waals surface area contributed by atoms with Crippen LogP contribution >= 0.6 is 0 Å². The first kappa shape index (κ1) is 19.1. The Hall–Kier alpha value is -1.71. The summed E-state index contributed by atoms with van der Waals surface area (Å²) in [4.78, 5) is 4.45. The molecule has 3 heteroatoms. The number of aromatic nitrogens is 1. The van der Waals surface area contributed by atoms with Crippen LogP contribution in [0.1, 0.15) is 62.8 Å². The second kappa shape index (κ2) is 8.32. The number of rotatable bonds is 5. The number of fused-ring (bicyclic) bond motifs is 3. The van der Waals surface area contributed by atoms with E-state index in [0.717, 1.165) is 24.1 Å². The lowest BCUT2D eigenvalue weighted by Crippen LogP contribution is -2.39. The molecule has 2 aliphatic rings. The molecule has 1 N–H and O–H groups in total. The Morgan fingerprint density at radius 1 is 1.15 bits per heavy atom. The molecule has 1 aromatic heterocycles. The van der Waals surface area contributed by atoms with Gasteiger partial charge < -0.3 is 9.84 Å². The fourth-order valence-electron chi connectivity index (χ4n) is 4.57. The first-order valence-electron chi connectivity index (χ1n) is 10.1. The van der Waals surface area contributed by atoms with Gasteiger partial charge in [0.25, 0.3) is 0 Å². The van der Waals surface area contributed by atoms with E-state index in [1.165, 1.54) is 18.4 Å². The molecule has 4 atom stereocenters. The van der Waals surface area contributed by atoms with Crippen molar-refractivity contribution in [3.63, 3.8) is 0 Å². The molecule has 3 nitrogen and oxygen atoms in total. The van der Waals surface area contributed by atoms with Crippen LogP contribution in [0.3, 0.4) is 0 Å². The van der Waals surface area contributed by atoms with Gasteiger partial charge in [-0.15, -0.1) is 0 Å². The van der Waals surface area contributed by atoms with Crippen molar-refractivity contribution in [1.82, 2.24) is 4.98 Å². The third-order valence-corrected chi connectivity index (χ3v) is 5.74. The van der Waals surface area contributed by atoms with Crippen molar-refractivity contribution in [2.75, 3.05) is 6.61 Å². The predicted octanol–water partition coefficient (Wildman–Crippen LogP) is 4.84. The van der Waals surface area contributed by atoms with E-state index in [1.807, 2.05) is 44.3 Å².